The second-order valence-corrected chi connectivity index (χ2v) is 9.51. The lowest BCUT2D eigenvalue weighted by Gasteiger charge is -2.40. The minimum atomic E-state index is -0.300. The number of nitrogens with one attached hydrogen (secondary N) is 1. The minimum absolute atomic E-state index is 0.0130. The number of hydrogen-bond acceptors (Lipinski definition) is 3. The van der Waals surface area contributed by atoms with Gasteiger partial charge < -0.3 is 10.2 Å². The van der Waals surface area contributed by atoms with Crippen LogP contribution in [0, 0.1) is 12.8 Å². The summed E-state index contributed by atoms with van der Waals surface area (Å²) in [6.07, 6.45) is 4.32. The Morgan fingerprint density at radius 3 is 2.61 bits per heavy atom. The van der Waals surface area contributed by atoms with Crippen LogP contribution in [0.15, 0.2) is 60.0 Å². The molecule has 4 nitrogen and oxygen atoms in total. The lowest BCUT2D eigenvalue weighted by Crippen LogP contribution is -2.46. The number of amides is 2. The molecule has 0 saturated carbocycles. The van der Waals surface area contributed by atoms with Crippen LogP contribution in [-0.2, 0) is 22.4 Å². The Kier molecular flexibility index (Phi) is 5.36. The van der Waals surface area contributed by atoms with Gasteiger partial charge in [0.25, 0.3) is 0 Å². The highest BCUT2D eigenvalue weighted by Gasteiger charge is 2.42. The summed E-state index contributed by atoms with van der Waals surface area (Å²) >= 11 is 1.60. The standard InChI is InChI=1S/C26H26N2O2S/c1-17-7-11-21(12-8-17)28-24(29)14-13-22(25(28)23-6-3-15-31-23)26(30)27-20-10-9-18-4-2-5-19(18)16-20/h3,6-12,15-16,22,25H,2,4-5,13-14H2,1H3,(H,27,30)/t22-,25+/m1/s1. The van der Waals surface area contributed by atoms with E-state index >= 15 is 0 Å². The van der Waals surface area contributed by atoms with Gasteiger partial charge >= 0.3 is 0 Å². The fraction of sp³-hybridized carbons (Fsp3) is 0.308. The van der Waals surface area contributed by atoms with E-state index in [9.17, 15) is 9.59 Å². The molecule has 2 heterocycles. The monoisotopic (exact) mass is 430 g/mol. The second kappa shape index (κ2) is 8.31. The number of fused-ring (bicyclic) bond motifs is 1. The molecule has 0 unspecified atom stereocenters. The Morgan fingerprint density at radius 1 is 1.03 bits per heavy atom. The quantitative estimate of drug-likeness (QED) is 0.580. The van der Waals surface area contributed by atoms with Gasteiger partial charge in [0.15, 0.2) is 0 Å². The van der Waals surface area contributed by atoms with E-state index in [0.717, 1.165) is 34.7 Å². The molecule has 1 saturated heterocycles. The predicted octanol–water partition coefficient (Wildman–Crippen LogP) is 5.67. The minimum Gasteiger partial charge on any atom is -0.326 e. The molecule has 0 bridgehead atoms. The molecular weight excluding hydrogens is 404 g/mol. The molecule has 1 N–H and O–H groups in total. The molecule has 1 aromatic heterocycles. The Hall–Kier alpha value is -2.92. The predicted molar refractivity (Wildman–Crippen MR) is 126 cm³/mol. The van der Waals surface area contributed by atoms with Crippen LogP contribution < -0.4 is 10.2 Å². The summed E-state index contributed by atoms with van der Waals surface area (Å²) in [4.78, 5) is 29.4. The molecule has 0 radical (unpaired) electrons. The number of aryl methyl sites for hydroxylation is 3. The molecule has 2 amide bonds. The smallest absolute Gasteiger partial charge is 0.229 e. The van der Waals surface area contributed by atoms with E-state index in [1.54, 1.807) is 11.3 Å². The first kappa shape index (κ1) is 20.0. The van der Waals surface area contributed by atoms with Gasteiger partial charge in [0.05, 0.1) is 12.0 Å². The van der Waals surface area contributed by atoms with E-state index in [1.165, 1.54) is 17.5 Å². The molecular formula is C26H26N2O2S. The van der Waals surface area contributed by atoms with E-state index < -0.39 is 0 Å². The van der Waals surface area contributed by atoms with Gasteiger partial charge in [-0.15, -0.1) is 11.3 Å². The first-order valence-corrected chi connectivity index (χ1v) is 11.8. The third-order valence-electron chi connectivity index (χ3n) is 6.45. The molecule has 2 aromatic carbocycles. The van der Waals surface area contributed by atoms with Crippen molar-refractivity contribution in [3.05, 3.63) is 81.5 Å². The van der Waals surface area contributed by atoms with Crippen LogP contribution in [0.4, 0.5) is 11.4 Å². The third kappa shape index (κ3) is 3.90. The second-order valence-electron chi connectivity index (χ2n) is 8.53. The summed E-state index contributed by atoms with van der Waals surface area (Å²) in [7, 11) is 0. The number of thiophene rings is 1. The van der Waals surface area contributed by atoms with Crippen molar-refractivity contribution < 1.29 is 9.59 Å². The van der Waals surface area contributed by atoms with E-state index in [1.807, 2.05) is 59.7 Å². The van der Waals surface area contributed by atoms with E-state index in [-0.39, 0.29) is 23.8 Å². The van der Waals surface area contributed by atoms with Crippen LogP contribution in [0.1, 0.15) is 46.9 Å². The maximum Gasteiger partial charge on any atom is 0.229 e. The summed E-state index contributed by atoms with van der Waals surface area (Å²) in [6, 6.07) is 18.0. The molecule has 0 spiro atoms. The van der Waals surface area contributed by atoms with Gasteiger partial charge in [-0.25, -0.2) is 0 Å². The normalized spacial score (nSPS) is 20.5. The lowest BCUT2D eigenvalue weighted by molar-refractivity contribution is -0.125. The Bertz CT molecular complexity index is 1100. The number of carbonyl (C=O) groups is 2. The number of nitrogens with zero attached hydrogens (tertiary/aromatic N) is 1. The van der Waals surface area contributed by atoms with Crippen molar-refractivity contribution >= 4 is 34.5 Å². The molecule has 2 aliphatic rings. The van der Waals surface area contributed by atoms with Gasteiger partial charge in [0.1, 0.15) is 0 Å². The largest absolute Gasteiger partial charge is 0.326 e. The molecule has 5 rings (SSSR count). The van der Waals surface area contributed by atoms with Gasteiger partial charge in [-0.3, -0.25) is 9.59 Å². The molecule has 3 aromatic rings. The molecule has 158 valence electrons. The molecule has 2 atom stereocenters. The Morgan fingerprint density at radius 2 is 1.84 bits per heavy atom. The Balaban J connectivity index is 1.47. The van der Waals surface area contributed by atoms with Crippen LogP contribution in [0.3, 0.4) is 0 Å². The number of anilines is 2. The van der Waals surface area contributed by atoms with Crippen molar-refractivity contribution in [3.8, 4) is 0 Å². The van der Waals surface area contributed by atoms with Crippen LogP contribution in [-0.4, -0.2) is 11.8 Å². The van der Waals surface area contributed by atoms with Crippen LogP contribution >= 0.6 is 11.3 Å². The fourth-order valence-corrected chi connectivity index (χ4v) is 5.73. The van der Waals surface area contributed by atoms with Gasteiger partial charge in [-0.2, -0.15) is 0 Å². The van der Waals surface area contributed by atoms with Crippen LogP contribution in [0.25, 0.3) is 0 Å². The Labute approximate surface area is 186 Å². The average Bonchev–Trinajstić information content (AvgIpc) is 3.46. The number of benzene rings is 2. The number of hydrogen-bond donors (Lipinski definition) is 1. The van der Waals surface area contributed by atoms with Crippen molar-refractivity contribution in [1.82, 2.24) is 0 Å². The molecule has 1 aliphatic carbocycles. The first-order valence-electron chi connectivity index (χ1n) is 10.9. The van der Waals surface area contributed by atoms with Crippen LogP contribution in [0.2, 0.25) is 0 Å². The number of carbonyl (C=O) groups excluding carboxylic acids is 2. The third-order valence-corrected chi connectivity index (χ3v) is 7.39. The summed E-state index contributed by atoms with van der Waals surface area (Å²) in [5, 5.41) is 5.17. The van der Waals surface area contributed by atoms with Crippen molar-refractivity contribution in [3.63, 3.8) is 0 Å². The maximum atomic E-state index is 13.5. The molecule has 1 fully saturated rings. The SMILES string of the molecule is Cc1ccc(N2C(=O)CC[C@@H](C(=O)Nc3ccc4c(c3)CCC4)[C@H]2c2cccs2)cc1. The van der Waals surface area contributed by atoms with E-state index in [2.05, 4.69) is 17.4 Å². The molecule has 31 heavy (non-hydrogen) atoms. The van der Waals surface area contributed by atoms with Crippen LogP contribution in [0.5, 0.6) is 0 Å². The van der Waals surface area contributed by atoms with Gasteiger partial charge in [0, 0.05) is 22.7 Å². The topological polar surface area (TPSA) is 49.4 Å². The summed E-state index contributed by atoms with van der Waals surface area (Å²) in [5.41, 5.74) is 5.58. The van der Waals surface area contributed by atoms with Gasteiger partial charge in [-0.1, -0.05) is 29.8 Å². The molecule has 5 heteroatoms. The highest BCUT2D eigenvalue weighted by atomic mass is 32.1. The van der Waals surface area contributed by atoms with Crippen molar-refractivity contribution in [2.75, 3.05) is 10.2 Å². The fourth-order valence-electron chi connectivity index (χ4n) is 4.85. The average molecular weight is 431 g/mol. The zero-order valence-corrected chi connectivity index (χ0v) is 18.5. The lowest BCUT2D eigenvalue weighted by atomic mass is 9.86. The first-order chi connectivity index (χ1) is 15.1. The summed E-state index contributed by atoms with van der Waals surface area (Å²) in [6.45, 7) is 2.03. The van der Waals surface area contributed by atoms with E-state index in [4.69, 9.17) is 0 Å². The van der Waals surface area contributed by atoms with Gasteiger partial charge in [-0.05, 0) is 79.4 Å². The highest BCUT2D eigenvalue weighted by molar-refractivity contribution is 7.10. The highest BCUT2D eigenvalue weighted by Crippen LogP contribution is 2.42. The zero-order valence-electron chi connectivity index (χ0n) is 17.6. The number of rotatable bonds is 4. The van der Waals surface area contributed by atoms with Gasteiger partial charge in [0.2, 0.25) is 11.8 Å². The van der Waals surface area contributed by atoms with Crippen molar-refractivity contribution in [1.29, 1.82) is 0 Å². The number of piperidine rings is 1. The van der Waals surface area contributed by atoms with E-state index in [0.29, 0.717) is 12.8 Å². The van der Waals surface area contributed by atoms with Crippen molar-refractivity contribution in [2.45, 2.75) is 45.1 Å². The summed E-state index contributed by atoms with van der Waals surface area (Å²) in [5.74, 6) is -0.240. The zero-order chi connectivity index (χ0) is 21.4. The maximum absolute atomic E-state index is 13.5. The van der Waals surface area contributed by atoms with Crippen molar-refractivity contribution in [2.24, 2.45) is 5.92 Å². The summed E-state index contributed by atoms with van der Waals surface area (Å²) < 4.78 is 0. The molecule has 1 aliphatic heterocycles.